The molecule has 0 saturated heterocycles. The molecule has 0 fully saturated rings. The van der Waals surface area contributed by atoms with Gasteiger partial charge in [0.05, 0.1) is 13.7 Å². The van der Waals surface area contributed by atoms with Gasteiger partial charge >= 0.3 is 0 Å². The predicted octanol–water partition coefficient (Wildman–Crippen LogP) is 2.93. The summed E-state index contributed by atoms with van der Waals surface area (Å²) in [6.07, 6.45) is 4.46. The molecule has 7 heteroatoms. The topological polar surface area (TPSA) is 95.2 Å². The van der Waals surface area contributed by atoms with Crippen molar-refractivity contribution in [2.75, 3.05) is 19.0 Å². The Morgan fingerprint density at radius 3 is 2.79 bits per heavy atom. The Balaban J connectivity index is 1.34. The molecule has 2 aromatic carbocycles. The molecule has 0 saturated carbocycles. The maximum atomic E-state index is 12.5. The standard InChI is InChI=1S/C22H24N4O3/c1-29-16-6-4-5-15(12-16)23-13-21(27)25-26-22(28)14-9-10-20-18(11-14)17-7-2-3-8-19(17)24-20/h4-6,9-12,23-24H,2-3,7-8,13H2,1H3,(H,25,27)(H,26,28). The molecule has 1 aliphatic rings. The van der Waals surface area contributed by atoms with E-state index in [-0.39, 0.29) is 18.4 Å². The van der Waals surface area contributed by atoms with Crippen LogP contribution in [-0.4, -0.2) is 30.5 Å². The largest absolute Gasteiger partial charge is 0.497 e. The summed E-state index contributed by atoms with van der Waals surface area (Å²) in [5.41, 5.74) is 9.85. The van der Waals surface area contributed by atoms with Gasteiger partial charge in [-0.1, -0.05) is 6.07 Å². The van der Waals surface area contributed by atoms with E-state index >= 15 is 0 Å². The zero-order valence-corrected chi connectivity index (χ0v) is 16.3. The van der Waals surface area contributed by atoms with Crippen LogP contribution in [0.4, 0.5) is 5.69 Å². The Labute approximate surface area is 168 Å². The molecule has 7 nitrogen and oxygen atoms in total. The molecule has 1 heterocycles. The fraction of sp³-hybridized carbons (Fsp3) is 0.273. The minimum atomic E-state index is -0.346. The van der Waals surface area contributed by atoms with Crippen LogP contribution in [0.1, 0.15) is 34.5 Å². The molecule has 1 aliphatic carbocycles. The second-order valence-electron chi connectivity index (χ2n) is 7.14. The Morgan fingerprint density at radius 2 is 1.93 bits per heavy atom. The van der Waals surface area contributed by atoms with Gasteiger partial charge in [0.2, 0.25) is 0 Å². The molecule has 0 radical (unpaired) electrons. The van der Waals surface area contributed by atoms with Crippen LogP contribution in [0, 0.1) is 0 Å². The van der Waals surface area contributed by atoms with Gasteiger partial charge < -0.3 is 15.0 Å². The second kappa shape index (κ2) is 8.26. The molecule has 0 atom stereocenters. The van der Waals surface area contributed by atoms with Gasteiger partial charge in [-0.05, 0) is 61.6 Å². The lowest BCUT2D eigenvalue weighted by atomic mass is 9.95. The van der Waals surface area contributed by atoms with E-state index in [2.05, 4.69) is 21.2 Å². The van der Waals surface area contributed by atoms with Crippen LogP contribution in [0.15, 0.2) is 42.5 Å². The van der Waals surface area contributed by atoms with Crippen LogP contribution in [0.2, 0.25) is 0 Å². The third-order valence-corrected chi connectivity index (χ3v) is 5.20. The number of aromatic nitrogens is 1. The summed E-state index contributed by atoms with van der Waals surface area (Å²) in [6, 6.07) is 12.9. The lowest BCUT2D eigenvalue weighted by molar-refractivity contribution is -0.120. The second-order valence-corrected chi connectivity index (χ2v) is 7.14. The van der Waals surface area contributed by atoms with Crippen LogP contribution in [-0.2, 0) is 17.6 Å². The molecule has 0 spiro atoms. The van der Waals surface area contributed by atoms with Gasteiger partial charge in [0.1, 0.15) is 5.75 Å². The SMILES string of the molecule is COc1cccc(NCC(=O)NNC(=O)c2ccc3[nH]c4c(c3c2)CCCC4)c1. The number of hydrogen-bond donors (Lipinski definition) is 4. The summed E-state index contributed by atoms with van der Waals surface area (Å²) in [7, 11) is 1.59. The number of fused-ring (bicyclic) bond motifs is 3. The number of ether oxygens (including phenoxy) is 1. The van der Waals surface area contributed by atoms with Crippen molar-refractivity contribution in [3.63, 3.8) is 0 Å². The van der Waals surface area contributed by atoms with Crippen LogP contribution >= 0.6 is 0 Å². The number of nitrogens with one attached hydrogen (secondary N) is 4. The van der Waals surface area contributed by atoms with E-state index < -0.39 is 0 Å². The highest BCUT2D eigenvalue weighted by Crippen LogP contribution is 2.29. The number of hydrogen-bond acceptors (Lipinski definition) is 4. The highest BCUT2D eigenvalue weighted by Gasteiger charge is 2.17. The Bertz CT molecular complexity index is 1060. The van der Waals surface area contributed by atoms with Crippen LogP contribution < -0.4 is 20.9 Å². The Hall–Kier alpha value is -3.48. The van der Waals surface area contributed by atoms with E-state index in [0.717, 1.165) is 29.4 Å². The molecule has 1 aromatic heterocycles. The minimum absolute atomic E-state index is 0.0256. The number of amides is 2. The van der Waals surface area contributed by atoms with Gasteiger partial charge in [-0.15, -0.1) is 0 Å². The zero-order valence-electron chi connectivity index (χ0n) is 16.3. The lowest BCUT2D eigenvalue weighted by Crippen LogP contribution is -2.44. The minimum Gasteiger partial charge on any atom is -0.497 e. The summed E-state index contributed by atoms with van der Waals surface area (Å²) >= 11 is 0. The molecular formula is C22H24N4O3. The molecule has 4 N–H and O–H groups in total. The monoisotopic (exact) mass is 392 g/mol. The molecular weight excluding hydrogens is 368 g/mol. The normalized spacial score (nSPS) is 12.9. The van der Waals surface area contributed by atoms with Crippen molar-refractivity contribution >= 4 is 28.4 Å². The average Bonchev–Trinajstić information content (AvgIpc) is 3.14. The molecule has 150 valence electrons. The maximum Gasteiger partial charge on any atom is 0.269 e. The van der Waals surface area contributed by atoms with Crippen molar-refractivity contribution < 1.29 is 14.3 Å². The summed E-state index contributed by atoms with van der Waals surface area (Å²) in [5.74, 6) is 0.0136. The van der Waals surface area contributed by atoms with Crippen molar-refractivity contribution in [2.45, 2.75) is 25.7 Å². The quantitative estimate of drug-likeness (QED) is 0.502. The van der Waals surface area contributed by atoms with E-state index in [1.165, 1.54) is 24.1 Å². The number of H-pyrrole nitrogens is 1. The lowest BCUT2D eigenvalue weighted by Gasteiger charge is -2.11. The van der Waals surface area contributed by atoms with Crippen molar-refractivity contribution in [3.8, 4) is 5.75 Å². The fourth-order valence-corrected chi connectivity index (χ4v) is 3.71. The Morgan fingerprint density at radius 1 is 1.07 bits per heavy atom. The van der Waals surface area contributed by atoms with E-state index in [0.29, 0.717) is 11.3 Å². The van der Waals surface area contributed by atoms with Crippen molar-refractivity contribution in [1.29, 1.82) is 0 Å². The number of carbonyl (C=O) groups is 2. The van der Waals surface area contributed by atoms with E-state index in [9.17, 15) is 9.59 Å². The van der Waals surface area contributed by atoms with Gasteiger partial charge in [-0.2, -0.15) is 0 Å². The number of hydrazine groups is 1. The predicted molar refractivity (Wildman–Crippen MR) is 112 cm³/mol. The molecule has 3 aromatic rings. The number of benzene rings is 2. The van der Waals surface area contributed by atoms with Crippen molar-refractivity contribution in [1.82, 2.24) is 15.8 Å². The number of aryl methyl sites for hydroxylation is 2. The first-order valence-corrected chi connectivity index (χ1v) is 9.74. The van der Waals surface area contributed by atoms with E-state index in [1.54, 1.807) is 19.2 Å². The van der Waals surface area contributed by atoms with Crippen LogP contribution in [0.3, 0.4) is 0 Å². The highest BCUT2D eigenvalue weighted by molar-refractivity contribution is 6.00. The first kappa shape index (κ1) is 18.9. The van der Waals surface area contributed by atoms with Gasteiger partial charge in [0.25, 0.3) is 11.8 Å². The third-order valence-electron chi connectivity index (χ3n) is 5.20. The maximum absolute atomic E-state index is 12.5. The van der Waals surface area contributed by atoms with Gasteiger partial charge in [0.15, 0.2) is 0 Å². The number of rotatable bonds is 5. The van der Waals surface area contributed by atoms with Crippen LogP contribution in [0.5, 0.6) is 5.75 Å². The molecule has 2 amide bonds. The van der Waals surface area contributed by atoms with E-state index in [4.69, 9.17) is 4.74 Å². The number of aromatic amines is 1. The summed E-state index contributed by atoms with van der Waals surface area (Å²) in [6.45, 7) is 0.0256. The summed E-state index contributed by atoms with van der Waals surface area (Å²) < 4.78 is 5.15. The van der Waals surface area contributed by atoms with Crippen molar-refractivity contribution in [3.05, 3.63) is 59.3 Å². The smallest absolute Gasteiger partial charge is 0.269 e. The summed E-state index contributed by atoms with van der Waals surface area (Å²) in [5, 5.41) is 4.09. The highest BCUT2D eigenvalue weighted by atomic mass is 16.5. The summed E-state index contributed by atoms with van der Waals surface area (Å²) in [4.78, 5) is 28.0. The molecule has 0 bridgehead atoms. The van der Waals surface area contributed by atoms with Gasteiger partial charge in [-0.3, -0.25) is 20.4 Å². The first-order valence-electron chi connectivity index (χ1n) is 9.74. The molecule has 4 rings (SSSR count). The van der Waals surface area contributed by atoms with Gasteiger partial charge in [-0.25, -0.2) is 0 Å². The first-order chi connectivity index (χ1) is 14.1. The number of methoxy groups -OCH3 is 1. The average molecular weight is 392 g/mol. The van der Waals surface area contributed by atoms with E-state index in [1.807, 2.05) is 30.3 Å². The van der Waals surface area contributed by atoms with Crippen LogP contribution in [0.25, 0.3) is 10.9 Å². The molecule has 0 aliphatic heterocycles. The number of anilines is 1. The zero-order chi connectivity index (χ0) is 20.2. The number of carbonyl (C=O) groups excluding carboxylic acids is 2. The fourth-order valence-electron chi connectivity index (χ4n) is 3.71. The molecule has 0 unspecified atom stereocenters. The van der Waals surface area contributed by atoms with Gasteiger partial charge in [0, 0.05) is 33.9 Å². The van der Waals surface area contributed by atoms with Crippen molar-refractivity contribution in [2.24, 2.45) is 0 Å². The Kier molecular flexibility index (Phi) is 5.37. The third kappa shape index (κ3) is 4.18. The molecule has 29 heavy (non-hydrogen) atoms.